The minimum Gasteiger partial charge on any atom is -0.468 e. The van der Waals surface area contributed by atoms with Crippen LogP contribution in [0, 0.1) is 0 Å². The average molecular weight is 293 g/mol. The Hall–Kier alpha value is -1.21. The molecule has 1 aromatic rings. The summed E-state index contributed by atoms with van der Waals surface area (Å²) >= 11 is -0.303. The first-order valence-electron chi connectivity index (χ1n) is 5.52. The van der Waals surface area contributed by atoms with Crippen LogP contribution in [0.3, 0.4) is 0 Å². The van der Waals surface area contributed by atoms with E-state index in [9.17, 15) is 18.0 Å². The molecular weight excluding hydrogens is 279 g/mol. The maximum absolute atomic E-state index is 12.4. The van der Waals surface area contributed by atoms with Crippen molar-refractivity contribution in [2.45, 2.75) is 11.9 Å². The molecule has 0 spiro atoms. The van der Waals surface area contributed by atoms with E-state index in [1.807, 2.05) is 30.3 Å². The molecule has 1 rings (SSSR count). The fraction of sp³-hybridized carbons (Fsp3) is 0.417. The van der Waals surface area contributed by atoms with E-state index in [0.717, 1.165) is 17.0 Å². The van der Waals surface area contributed by atoms with Crippen molar-refractivity contribution in [1.82, 2.24) is 4.31 Å². The van der Waals surface area contributed by atoms with Gasteiger partial charge in [0.1, 0.15) is 6.54 Å². The second-order valence-electron chi connectivity index (χ2n) is 3.71. The normalized spacial score (nSPS) is 11.6. The molecule has 0 atom stereocenters. The van der Waals surface area contributed by atoms with Crippen LogP contribution in [-0.4, -0.2) is 36.0 Å². The maximum atomic E-state index is 12.4. The van der Waals surface area contributed by atoms with Crippen LogP contribution in [-0.2, 0) is 16.0 Å². The molecule has 7 heteroatoms. The molecule has 0 N–H and O–H groups in total. The fourth-order valence-electron chi connectivity index (χ4n) is 1.41. The molecule has 0 fully saturated rings. The highest BCUT2D eigenvalue weighted by Gasteiger charge is 2.33. The minimum atomic E-state index is -4.41. The molecule has 1 aromatic carbocycles. The lowest BCUT2D eigenvalue weighted by Gasteiger charge is -2.20. The smallest absolute Gasteiger partial charge is 0.456 e. The summed E-state index contributed by atoms with van der Waals surface area (Å²) in [4.78, 5) is 11.1. The van der Waals surface area contributed by atoms with Crippen LogP contribution in [0.25, 0.3) is 0 Å². The molecular formula is C12H14F3NO2S. The Labute approximate surface area is 113 Å². The average Bonchev–Trinajstić information content (AvgIpc) is 2.35. The summed E-state index contributed by atoms with van der Waals surface area (Å²) < 4.78 is 42.4. The molecule has 0 unspecified atom stereocenters. The van der Waals surface area contributed by atoms with E-state index >= 15 is 0 Å². The van der Waals surface area contributed by atoms with Gasteiger partial charge in [-0.25, -0.2) is 4.31 Å². The highest BCUT2D eigenvalue weighted by Crippen LogP contribution is 2.33. The number of halogens is 3. The standard InChI is InChI=1S/C12H14F3NO2S/c1-18-11(17)9-16(19-12(13,14)15)8-7-10-5-3-2-4-6-10/h2-6H,7-9H2,1H3. The number of benzene rings is 1. The molecule has 0 aliphatic rings. The van der Waals surface area contributed by atoms with E-state index in [4.69, 9.17) is 0 Å². The number of carbonyl (C=O) groups excluding carboxylic acids is 1. The summed E-state index contributed by atoms with van der Waals surface area (Å²) in [6.45, 7) is -0.281. The lowest BCUT2D eigenvalue weighted by molar-refractivity contribution is -0.140. The van der Waals surface area contributed by atoms with Gasteiger partial charge in [-0.05, 0) is 12.0 Å². The molecule has 19 heavy (non-hydrogen) atoms. The summed E-state index contributed by atoms with van der Waals surface area (Å²) in [7, 11) is 1.15. The molecule has 3 nitrogen and oxygen atoms in total. The number of alkyl halides is 3. The van der Waals surface area contributed by atoms with Crippen LogP contribution in [0.4, 0.5) is 13.2 Å². The lowest BCUT2D eigenvalue weighted by atomic mass is 10.1. The Balaban J connectivity index is 2.56. The topological polar surface area (TPSA) is 29.5 Å². The predicted octanol–water partition coefficient (Wildman–Crippen LogP) is 2.87. The number of ether oxygens (including phenoxy) is 1. The summed E-state index contributed by atoms with van der Waals surface area (Å²) in [5.41, 5.74) is -3.50. The van der Waals surface area contributed by atoms with Gasteiger partial charge in [-0.3, -0.25) is 4.79 Å². The van der Waals surface area contributed by atoms with Crippen molar-refractivity contribution in [3.05, 3.63) is 35.9 Å². The SMILES string of the molecule is COC(=O)CN(CCc1ccccc1)SC(F)(F)F. The summed E-state index contributed by atoms with van der Waals surface area (Å²) in [5.74, 6) is -0.690. The maximum Gasteiger partial charge on any atom is 0.456 e. The predicted molar refractivity (Wildman–Crippen MR) is 67.4 cm³/mol. The molecule has 0 aromatic heterocycles. The Kier molecular flexibility index (Phi) is 6.17. The quantitative estimate of drug-likeness (QED) is 0.596. The third kappa shape index (κ3) is 7.07. The van der Waals surface area contributed by atoms with Crippen molar-refractivity contribution >= 4 is 17.9 Å². The van der Waals surface area contributed by atoms with Crippen molar-refractivity contribution in [2.75, 3.05) is 20.2 Å². The monoisotopic (exact) mass is 293 g/mol. The van der Waals surface area contributed by atoms with Gasteiger partial charge in [-0.2, -0.15) is 13.2 Å². The Morgan fingerprint density at radius 1 is 1.32 bits per heavy atom. The highest BCUT2D eigenvalue weighted by molar-refractivity contribution is 7.97. The third-order valence-electron chi connectivity index (χ3n) is 2.26. The van der Waals surface area contributed by atoms with E-state index in [2.05, 4.69) is 4.74 Å². The first kappa shape index (κ1) is 15.8. The van der Waals surface area contributed by atoms with Gasteiger partial charge in [0.15, 0.2) is 0 Å². The van der Waals surface area contributed by atoms with Crippen molar-refractivity contribution < 1.29 is 22.7 Å². The van der Waals surface area contributed by atoms with Crippen LogP contribution < -0.4 is 0 Å². The van der Waals surface area contributed by atoms with Gasteiger partial charge in [0.05, 0.1) is 7.11 Å². The Morgan fingerprint density at radius 3 is 2.47 bits per heavy atom. The van der Waals surface area contributed by atoms with Gasteiger partial charge in [0, 0.05) is 18.5 Å². The molecule has 0 aliphatic carbocycles. The number of hydrogen-bond acceptors (Lipinski definition) is 4. The molecule has 0 bridgehead atoms. The third-order valence-corrected chi connectivity index (χ3v) is 3.04. The van der Waals surface area contributed by atoms with E-state index in [0.29, 0.717) is 6.42 Å². The van der Waals surface area contributed by atoms with E-state index in [1.165, 1.54) is 0 Å². The van der Waals surface area contributed by atoms with E-state index in [-0.39, 0.29) is 18.5 Å². The zero-order valence-corrected chi connectivity index (χ0v) is 11.1. The van der Waals surface area contributed by atoms with Crippen molar-refractivity contribution in [2.24, 2.45) is 0 Å². The van der Waals surface area contributed by atoms with Crippen molar-refractivity contribution in [3.8, 4) is 0 Å². The largest absolute Gasteiger partial charge is 0.468 e. The zero-order valence-electron chi connectivity index (χ0n) is 10.3. The van der Waals surface area contributed by atoms with Gasteiger partial charge in [0.2, 0.25) is 0 Å². The van der Waals surface area contributed by atoms with E-state index < -0.39 is 18.0 Å². The number of esters is 1. The van der Waals surface area contributed by atoms with Gasteiger partial charge >= 0.3 is 11.5 Å². The molecule has 0 saturated heterocycles. The van der Waals surface area contributed by atoms with Gasteiger partial charge in [-0.1, -0.05) is 30.3 Å². The second kappa shape index (κ2) is 7.40. The molecule has 0 amide bonds. The lowest BCUT2D eigenvalue weighted by Crippen LogP contribution is -2.29. The number of rotatable bonds is 6. The number of carbonyl (C=O) groups is 1. The van der Waals surface area contributed by atoms with Crippen LogP contribution in [0.1, 0.15) is 5.56 Å². The van der Waals surface area contributed by atoms with Crippen LogP contribution in [0.15, 0.2) is 30.3 Å². The first-order valence-corrected chi connectivity index (χ1v) is 6.29. The highest BCUT2D eigenvalue weighted by atomic mass is 32.2. The molecule has 0 radical (unpaired) electrons. The van der Waals surface area contributed by atoms with Gasteiger partial charge in [-0.15, -0.1) is 0 Å². The number of nitrogens with zero attached hydrogens (tertiary/aromatic N) is 1. The van der Waals surface area contributed by atoms with Gasteiger partial charge in [0.25, 0.3) is 0 Å². The molecule has 106 valence electrons. The second-order valence-corrected chi connectivity index (χ2v) is 4.87. The summed E-state index contributed by atoms with van der Waals surface area (Å²) in [5, 5.41) is 0. The number of hydrogen-bond donors (Lipinski definition) is 0. The number of methoxy groups -OCH3 is 1. The van der Waals surface area contributed by atoms with E-state index in [1.54, 1.807) is 0 Å². The minimum absolute atomic E-state index is 0.114. The van der Waals surface area contributed by atoms with Crippen LogP contribution >= 0.6 is 11.9 Å². The summed E-state index contributed by atoms with van der Waals surface area (Å²) in [6.07, 6.45) is 0.431. The van der Waals surface area contributed by atoms with Gasteiger partial charge < -0.3 is 4.74 Å². The van der Waals surface area contributed by atoms with Crippen molar-refractivity contribution in [3.63, 3.8) is 0 Å². The molecule has 0 saturated carbocycles. The van der Waals surface area contributed by atoms with Crippen molar-refractivity contribution in [1.29, 1.82) is 0 Å². The Bertz CT molecular complexity index is 398. The van der Waals surface area contributed by atoms with Crippen LogP contribution in [0.2, 0.25) is 0 Å². The first-order chi connectivity index (χ1) is 8.90. The molecule has 0 aliphatic heterocycles. The van der Waals surface area contributed by atoms with Crippen LogP contribution in [0.5, 0.6) is 0 Å². The Morgan fingerprint density at radius 2 is 1.95 bits per heavy atom. The molecule has 0 heterocycles. The zero-order chi connectivity index (χ0) is 14.3. The summed E-state index contributed by atoms with van der Waals surface area (Å²) in [6, 6.07) is 9.12. The fourth-order valence-corrected chi connectivity index (χ4v) is 2.06.